The van der Waals surface area contributed by atoms with Crippen LogP contribution in [0.1, 0.15) is 10.5 Å². The van der Waals surface area contributed by atoms with Gasteiger partial charge in [0.15, 0.2) is 5.69 Å². The standard InChI is InChI=1S/C10H11N3O2/c1-11-10(14)9-7-4-3-6(15-2)5-8(7)12-13-9/h3-5H,1-2H3,(H,11,14)(H,12,13). The monoisotopic (exact) mass is 205 g/mol. The van der Waals surface area contributed by atoms with E-state index in [1.165, 1.54) is 0 Å². The quantitative estimate of drug-likeness (QED) is 0.766. The van der Waals surface area contributed by atoms with Crippen molar-refractivity contribution < 1.29 is 9.53 Å². The normalized spacial score (nSPS) is 10.3. The molecule has 0 unspecified atom stereocenters. The number of H-pyrrole nitrogens is 1. The number of benzene rings is 1. The molecule has 0 aliphatic heterocycles. The largest absolute Gasteiger partial charge is 0.497 e. The lowest BCUT2D eigenvalue weighted by atomic mass is 10.2. The molecule has 2 aromatic rings. The van der Waals surface area contributed by atoms with Crippen molar-refractivity contribution in [3.63, 3.8) is 0 Å². The molecule has 5 nitrogen and oxygen atoms in total. The van der Waals surface area contributed by atoms with E-state index in [1.54, 1.807) is 26.3 Å². The highest BCUT2D eigenvalue weighted by Crippen LogP contribution is 2.21. The van der Waals surface area contributed by atoms with Crippen molar-refractivity contribution in [1.82, 2.24) is 15.5 Å². The molecular formula is C10H11N3O2. The highest BCUT2D eigenvalue weighted by atomic mass is 16.5. The van der Waals surface area contributed by atoms with Gasteiger partial charge in [0.05, 0.1) is 12.6 Å². The molecule has 0 spiro atoms. The predicted molar refractivity (Wildman–Crippen MR) is 56.0 cm³/mol. The number of amides is 1. The minimum atomic E-state index is -0.202. The van der Waals surface area contributed by atoms with E-state index >= 15 is 0 Å². The van der Waals surface area contributed by atoms with Crippen LogP contribution in [0.2, 0.25) is 0 Å². The van der Waals surface area contributed by atoms with E-state index in [0.29, 0.717) is 5.69 Å². The zero-order valence-corrected chi connectivity index (χ0v) is 8.50. The Bertz CT molecular complexity index is 504. The van der Waals surface area contributed by atoms with Crippen molar-refractivity contribution in [2.45, 2.75) is 0 Å². The molecule has 2 rings (SSSR count). The van der Waals surface area contributed by atoms with Crippen LogP contribution in [0, 0.1) is 0 Å². The van der Waals surface area contributed by atoms with Crippen LogP contribution in [0.3, 0.4) is 0 Å². The molecule has 1 heterocycles. The first-order chi connectivity index (χ1) is 7.26. The summed E-state index contributed by atoms with van der Waals surface area (Å²) in [7, 11) is 3.17. The second-order valence-corrected chi connectivity index (χ2v) is 3.06. The highest BCUT2D eigenvalue weighted by molar-refractivity contribution is 6.04. The topological polar surface area (TPSA) is 67.0 Å². The summed E-state index contributed by atoms with van der Waals surface area (Å²) in [5, 5.41) is 10.1. The molecule has 1 aromatic heterocycles. The minimum Gasteiger partial charge on any atom is -0.497 e. The second kappa shape index (κ2) is 3.61. The van der Waals surface area contributed by atoms with Gasteiger partial charge in [-0.15, -0.1) is 0 Å². The number of hydrogen-bond donors (Lipinski definition) is 2. The van der Waals surface area contributed by atoms with E-state index in [1.807, 2.05) is 6.07 Å². The van der Waals surface area contributed by atoms with Gasteiger partial charge in [0.25, 0.3) is 5.91 Å². The first kappa shape index (κ1) is 9.51. The number of aromatic nitrogens is 2. The third kappa shape index (κ3) is 1.52. The van der Waals surface area contributed by atoms with Gasteiger partial charge in [-0.2, -0.15) is 5.10 Å². The van der Waals surface area contributed by atoms with E-state index < -0.39 is 0 Å². The molecule has 0 bridgehead atoms. The highest BCUT2D eigenvalue weighted by Gasteiger charge is 2.12. The smallest absolute Gasteiger partial charge is 0.272 e. The lowest BCUT2D eigenvalue weighted by molar-refractivity contribution is 0.0959. The molecule has 0 saturated heterocycles. The zero-order valence-electron chi connectivity index (χ0n) is 8.50. The van der Waals surface area contributed by atoms with Gasteiger partial charge < -0.3 is 10.1 Å². The fourth-order valence-electron chi connectivity index (χ4n) is 1.42. The number of methoxy groups -OCH3 is 1. The average Bonchev–Trinajstić information content (AvgIpc) is 2.70. The van der Waals surface area contributed by atoms with Gasteiger partial charge in [-0.05, 0) is 12.1 Å². The van der Waals surface area contributed by atoms with Crippen LogP contribution in [0.5, 0.6) is 5.75 Å². The molecule has 0 saturated carbocycles. The van der Waals surface area contributed by atoms with E-state index in [4.69, 9.17) is 4.74 Å². The summed E-state index contributed by atoms with van der Waals surface area (Å²) in [5.74, 6) is 0.529. The summed E-state index contributed by atoms with van der Waals surface area (Å²) < 4.78 is 5.07. The average molecular weight is 205 g/mol. The zero-order chi connectivity index (χ0) is 10.8. The maximum absolute atomic E-state index is 11.4. The molecule has 0 aliphatic rings. The van der Waals surface area contributed by atoms with E-state index in [-0.39, 0.29) is 5.91 Å². The summed E-state index contributed by atoms with van der Waals surface area (Å²) in [4.78, 5) is 11.4. The van der Waals surface area contributed by atoms with Gasteiger partial charge in [0.1, 0.15) is 5.75 Å². The number of ether oxygens (including phenoxy) is 1. The van der Waals surface area contributed by atoms with Crippen molar-refractivity contribution >= 4 is 16.8 Å². The number of fused-ring (bicyclic) bond motifs is 1. The van der Waals surface area contributed by atoms with Crippen molar-refractivity contribution in [3.05, 3.63) is 23.9 Å². The number of carbonyl (C=O) groups is 1. The Morgan fingerprint density at radius 1 is 1.53 bits per heavy atom. The Hall–Kier alpha value is -2.04. The second-order valence-electron chi connectivity index (χ2n) is 3.06. The summed E-state index contributed by atoms with van der Waals surface area (Å²) in [5.41, 5.74) is 1.18. The third-order valence-corrected chi connectivity index (χ3v) is 2.21. The van der Waals surface area contributed by atoms with Gasteiger partial charge in [-0.25, -0.2) is 0 Å². The van der Waals surface area contributed by atoms with Gasteiger partial charge in [0.2, 0.25) is 0 Å². The van der Waals surface area contributed by atoms with Gasteiger partial charge in [0, 0.05) is 18.5 Å². The number of nitrogens with zero attached hydrogens (tertiary/aromatic N) is 1. The maximum Gasteiger partial charge on any atom is 0.272 e. The molecule has 78 valence electrons. The molecule has 0 atom stereocenters. The number of nitrogens with one attached hydrogen (secondary N) is 2. The van der Waals surface area contributed by atoms with Crippen molar-refractivity contribution in [2.24, 2.45) is 0 Å². The van der Waals surface area contributed by atoms with Crippen molar-refractivity contribution in [1.29, 1.82) is 0 Å². The van der Waals surface area contributed by atoms with Crippen molar-refractivity contribution in [3.8, 4) is 5.75 Å². The van der Waals surface area contributed by atoms with E-state index in [9.17, 15) is 4.79 Å². The van der Waals surface area contributed by atoms with Crippen LogP contribution in [-0.2, 0) is 0 Å². The molecule has 5 heteroatoms. The van der Waals surface area contributed by atoms with Crippen LogP contribution < -0.4 is 10.1 Å². The van der Waals surface area contributed by atoms with Crippen LogP contribution >= 0.6 is 0 Å². The van der Waals surface area contributed by atoms with Gasteiger partial charge in [-0.1, -0.05) is 0 Å². The van der Waals surface area contributed by atoms with E-state index in [2.05, 4.69) is 15.5 Å². The van der Waals surface area contributed by atoms with Crippen LogP contribution in [0.4, 0.5) is 0 Å². The van der Waals surface area contributed by atoms with Crippen LogP contribution in [0.25, 0.3) is 10.9 Å². The molecule has 0 fully saturated rings. The first-order valence-corrected chi connectivity index (χ1v) is 4.50. The Balaban J connectivity index is 2.57. The molecule has 1 aromatic carbocycles. The number of hydrogen-bond acceptors (Lipinski definition) is 3. The Labute approximate surface area is 86.4 Å². The summed E-state index contributed by atoms with van der Waals surface area (Å²) in [6, 6.07) is 5.40. The molecule has 0 radical (unpaired) electrons. The number of carbonyl (C=O) groups excluding carboxylic acids is 1. The Morgan fingerprint density at radius 2 is 2.33 bits per heavy atom. The van der Waals surface area contributed by atoms with Crippen molar-refractivity contribution in [2.75, 3.05) is 14.2 Å². The van der Waals surface area contributed by atoms with Gasteiger partial charge in [-0.3, -0.25) is 9.89 Å². The minimum absolute atomic E-state index is 0.202. The summed E-state index contributed by atoms with van der Waals surface area (Å²) >= 11 is 0. The number of rotatable bonds is 2. The summed E-state index contributed by atoms with van der Waals surface area (Å²) in [6.07, 6.45) is 0. The molecular weight excluding hydrogens is 194 g/mol. The SMILES string of the molecule is CNC(=O)c1n[nH]c2cc(OC)ccc12. The fourth-order valence-corrected chi connectivity index (χ4v) is 1.42. The van der Waals surface area contributed by atoms with Crippen LogP contribution in [0.15, 0.2) is 18.2 Å². The molecule has 15 heavy (non-hydrogen) atoms. The number of aromatic amines is 1. The molecule has 2 N–H and O–H groups in total. The third-order valence-electron chi connectivity index (χ3n) is 2.21. The van der Waals surface area contributed by atoms with Crippen LogP contribution in [-0.4, -0.2) is 30.3 Å². The first-order valence-electron chi connectivity index (χ1n) is 4.50. The molecule has 0 aliphatic carbocycles. The Morgan fingerprint density at radius 3 is 3.00 bits per heavy atom. The lowest BCUT2D eigenvalue weighted by Gasteiger charge is -1.98. The summed E-state index contributed by atoms with van der Waals surface area (Å²) in [6.45, 7) is 0. The maximum atomic E-state index is 11.4. The molecule has 1 amide bonds. The van der Waals surface area contributed by atoms with Gasteiger partial charge >= 0.3 is 0 Å². The van der Waals surface area contributed by atoms with E-state index in [0.717, 1.165) is 16.7 Å². The Kier molecular flexibility index (Phi) is 2.29. The lowest BCUT2D eigenvalue weighted by Crippen LogP contribution is -2.18. The predicted octanol–water partition coefficient (Wildman–Crippen LogP) is 0.931. The fraction of sp³-hybridized carbons (Fsp3) is 0.200.